The highest BCUT2D eigenvalue weighted by Crippen LogP contribution is 2.29. The number of hydrogen-bond donors (Lipinski definition) is 2. The van der Waals surface area contributed by atoms with E-state index in [-0.39, 0.29) is 6.54 Å². The topological polar surface area (TPSA) is 69.6 Å². The third-order valence-corrected chi connectivity index (χ3v) is 3.62. The lowest BCUT2D eigenvalue weighted by Gasteiger charge is -2.21. The number of urea groups is 1. The first-order chi connectivity index (χ1) is 12.1. The second-order valence-electron chi connectivity index (χ2n) is 5.38. The number of anilines is 1. The number of halogens is 4. The van der Waals surface area contributed by atoms with Crippen molar-refractivity contribution in [2.45, 2.75) is 12.7 Å². The molecule has 0 aliphatic heterocycles. The van der Waals surface area contributed by atoms with E-state index in [2.05, 4.69) is 5.32 Å². The molecule has 0 atom stereocenters. The summed E-state index contributed by atoms with van der Waals surface area (Å²) in [6.45, 7) is -0.774. The van der Waals surface area contributed by atoms with Crippen molar-refractivity contribution in [3.63, 3.8) is 0 Å². The van der Waals surface area contributed by atoms with Gasteiger partial charge in [0.25, 0.3) is 0 Å². The zero-order valence-electron chi connectivity index (χ0n) is 13.3. The van der Waals surface area contributed by atoms with Crippen LogP contribution in [0.4, 0.5) is 23.7 Å². The van der Waals surface area contributed by atoms with Gasteiger partial charge in [0.2, 0.25) is 0 Å². The van der Waals surface area contributed by atoms with Crippen LogP contribution in [0.15, 0.2) is 48.5 Å². The van der Waals surface area contributed by atoms with Crippen LogP contribution in [0.5, 0.6) is 0 Å². The second-order valence-corrected chi connectivity index (χ2v) is 5.82. The molecule has 2 rings (SSSR count). The van der Waals surface area contributed by atoms with Gasteiger partial charge in [0.15, 0.2) is 0 Å². The lowest BCUT2D eigenvalue weighted by Crippen LogP contribution is -2.38. The maximum absolute atomic E-state index is 12.6. The average molecular weight is 387 g/mol. The van der Waals surface area contributed by atoms with Crippen LogP contribution < -0.4 is 5.32 Å². The van der Waals surface area contributed by atoms with Gasteiger partial charge in [-0.3, -0.25) is 4.79 Å². The first-order valence-electron chi connectivity index (χ1n) is 7.34. The number of nitrogens with zero attached hydrogens (tertiary/aromatic N) is 1. The van der Waals surface area contributed by atoms with E-state index >= 15 is 0 Å². The maximum atomic E-state index is 12.6. The SMILES string of the molecule is O=C(O)CN(Cc1ccc(C(F)(F)F)cc1)C(=O)Nc1ccc(Cl)cc1. The van der Waals surface area contributed by atoms with Gasteiger partial charge in [-0.05, 0) is 42.0 Å². The highest BCUT2D eigenvalue weighted by atomic mass is 35.5. The van der Waals surface area contributed by atoms with E-state index in [1.54, 1.807) is 12.1 Å². The summed E-state index contributed by atoms with van der Waals surface area (Å²) in [6.07, 6.45) is -4.47. The van der Waals surface area contributed by atoms with Crippen LogP contribution in [0, 0.1) is 0 Å². The van der Waals surface area contributed by atoms with Crippen LogP contribution in [0.2, 0.25) is 5.02 Å². The number of benzene rings is 2. The van der Waals surface area contributed by atoms with E-state index in [9.17, 15) is 22.8 Å². The van der Waals surface area contributed by atoms with Crippen molar-refractivity contribution >= 4 is 29.3 Å². The number of rotatable bonds is 5. The van der Waals surface area contributed by atoms with Gasteiger partial charge in [0.05, 0.1) is 5.56 Å². The lowest BCUT2D eigenvalue weighted by atomic mass is 10.1. The number of amides is 2. The lowest BCUT2D eigenvalue weighted by molar-refractivity contribution is -0.138. The first-order valence-corrected chi connectivity index (χ1v) is 7.72. The van der Waals surface area contributed by atoms with Crippen LogP contribution in [-0.2, 0) is 17.5 Å². The quantitative estimate of drug-likeness (QED) is 0.796. The molecule has 5 nitrogen and oxygen atoms in total. The van der Waals surface area contributed by atoms with Crippen LogP contribution in [-0.4, -0.2) is 28.6 Å². The molecular weight excluding hydrogens is 373 g/mol. The summed E-state index contributed by atoms with van der Waals surface area (Å²) in [5.74, 6) is -1.25. The van der Waals surface area contributed by atoms with E-state index in [0.29, 0.717) is 16.3 Å². The summed E-state index contributed by atoms with van der Waals surface area (Å²) >= 11 is 5.75. The molecule has 0 radical (unpaired) electrons. The molecule has 26 heavy (non-hydrogen) atoms. The Morgan fingerprint density at radius 3 is 2.12 bits per heavy atom. The van der Waals surface area contributed by atoms with Crippen molar-refractivity contribution in [2.75, 3.05) is 11.9 Å². The van der Waals surface area contributed by atoms with E-state index in [4.69, 9.17) is 16.7 Å². The van der Waals surface area contributed by atoms with Crippen LogP contribution in [0.3, 0.4) is 0 Å². The van der Waals surface area contributed by atoms with Gasteiger partial charge in [-0.25, -0.2) is 4.79 Å². The Hall–Kier alpha value is -2.74. The van der Waals surface area contributed by atoms with Crippen molar-refractivity contribution in [3.8, 4) is 0 Å². The molecule has 0 aliphatic carbocycles. The predicted molar refractivity (Wildman–Crippen MR) is 90.0 cm³/mol. The summed E-state index contributed by atoms with van der Waals surface area (Å²) in [6, 6.07) is 9.64. The Labute approximate surface area is 152 Å². The molecule has 0 spiro atoms. The summed E-state index contributed by atoms with van der Waals surface area (Å²) in [5.41, 5.74) is -0.0515. The summed E-state index contributed by atoms with van der Waals surface area (Å²) in [4.78, 5) is 24.3. The maximum Gasteiger partial charge on any atom is 0.416 e. The minimum absolute atomic E-state index is 0.163. The van der Waals surface area contributed by atoms with Gasteiger partial charge in [0, 0.05) is 17.3 Å². The minimum atomic E-state index is -4.47. The number of nitrogens with one attached hydrogen (secondary N) is 1. The van der Waals surface area contributed by atoms with Gasteiger partial charge in [0.1, 0.15) is 6.54 Å². The number of carboxylic acids is 1. The van der Waals surface area contributed by atoms with Crippen molar-refractivity contribution in [1.82, 2.24) is 4.90 Å². The predicted octanol–water partition coefficient (Wildman–Crippen LogP) is 4.48. The summed E-state index contributed by atoms with van der Waals surface area (Å²) < 4.78 is 37.8. The molecule has 0 saturated heterocycles. The molecule has 2 amide bonds. The van der Waals surface area contributed by atoms with Crippen molar-refractivity contribution in [3.05, 3.63) is 64.7 Å². The number of aliphatic carboxylic acids is 1. The zero-order chi connectivity index (χ0) is 19.3. The van der Waals surface area contributed by atoms with E-state index < -0.39 is 30.3 Å². The van der Waals surface area contributed by atoms with Crippen molar-refractivity contribution < 1.29 is 27.9 Å². The molecule has 2 N–H and O–H groups in total. The van der Waals surface area contributed by atoms with Gasteiger partial charge in [-0.15, -0.1) is 0 Å². The molecule has 0 fully saturated rings. The molecule has 0 saturated carbocycles. The molecule has 2 aromatic rings. The molecule has 0 heterocycles. The molecular formula is C17H14ClF3N2O3. The zero-order valence-corrected chi connectivity index (χ0v) is 14.0. The van der Waals surface area contributed by atoms with Gasteiger partial charge in [-0.2, -0.15) is 13.2 Å². The molecule has 138 valence electrons. The number of hydrogen-bond acceptors (Lipinski definition) is 2. The second kappa shape index (κ2) is 8.09. The van der Waals surface area contributed by atoms with Gasteiger partial charge in [-0.1, -0.05) is 23.7 Å². The first kappa shape index (κ1) is 19.6. The van der Waals surface area contributed by atoms with Gasteiger partial charge >= 0.3 is 18.2 Å². The molecule has 0 unspecified atom stereocenters. The van der Waals surface area contributed by atoms with Crippen molar-refractivity contribution in [2.24, 2.45) is 0 Å². The molecule has 0 aromatic heterocycles. The normalized spacial score (nSPS) is 11.1. The third kappa shape index (κ3) is 5.66. The number of carbonyl (C=O) groups excluding carboxylic acids is 1. The summed E-state index contributed by atoms with van der Waals surface area (Å²) in [5, 5.41) is 12.0. The van der Waals surface area contributed by atoms with Crippen LogP contribution in [0.25, 0.3) is 0 Å². The number of alkyl halides is 3. The molecule has 0 aliphatic rings. The Morgan fingerprint density at radius 1 is 1.04 bits per heavy atom. The Kier molecular flexibility index (Phi) is 6.10. The number of carbonyl (C=O) groups is 2. The fourth-order valence-corrected chi connectivity index (χ4v) is 2.24. The highest BCUT2D eigenvalue weighted by Gasteiger charge is 2.30. The Morgan fingerprint density at radius 2 is 1.62 bits per heavy atom. The van der Waals surface area contributed by atoms with Crippen LogP contribution >= 0.6 is 11.6 Å². The third-order valence-electron chi connectivity index (χ3n) is 3.36. The van der Waals surface area contributed by atoms with E-state index in [0.717, 1.165) is 17.0 Å². The summed E-state index contributed by atoms with van der Waals surface area (Å²) in [7, 11) is 0. The van der Waals surface area contributed by atoms with E-state index in [1.165, 1.54) is 24.3 Å². The molecule has 0 bridgehead atoms. The highest BCUT2D eigenvalue weighted by molar-refractivity contribution is 6.30. The fraction of sp³-hybridized carbons (Fsp3) is 0.176. The molecule has 2 aromatic carbocycles. The van der Waals surface area contributed by atoms with Gasteiger partial charge < -0.3 is 15.3 Å². The largest absolute Gasteiger partial charge is 0.480 e. The average Bonchev–Trinajstić information content (AvgIpc) is 2.55. The van der Waals surface area contributed by atoms with Crippen LogP contribution in [0.1, 0.15) is 11.1 Å². The Balaban J connectivity index is 2.12. The number of carboxylic acid groups (broad SMARTS) is 1. The monoisotopic (exact) mass is 386 g/mol. The van der Waals surface area contributed by atoms with E-state index in [1.807, 2.05) is 0 Å². The minimum Gasteiger partial charge on any atom is -0.480 e. The smallest absolute Gasteiger partial charge is 0.416 e. The Bertz CT molecular complexity index is 777. The fourth-order valence-electron chi connectivity index (χ4n) is 2.12. The standard InChI is InChI=1S/C17H14ClF3N2O3/c18-13-5-7-14(8-6-13)22-16(26)23(10-15(24)25)9-11-1-3-12(4-2-11)17(19,20)21/h1-8H,9-10H2,(H,22,26)(H,24,25). The van der Waals surface area contributed by atoms with Crippen molar-refractivity contribution in [1.29, 1.82) is 0 Å². The molecule has 9 heteroatoms.